The Kier molecular flexibility index (Phi) is 4.93. The number of hydrogen-bond acceptors (Lipinski definition) is 7. The predicted molar refractivity (Wildman–Crippen MR) is 119 cm³/mol. The van der Waals surface area contributed by atoms with Crippen molar-refractivity contribution in [3.8, 4) is 17.1 Å². The number of amides is 1. The number of nitrogen functional groups attached to an aromatic ring is 1. The van der Waals surface area contributed by atoms with Gasteiger partial charge in [0.1, 0.15) is 0 Å². The van der Waals surface area contributed by atoms with Gasteiger partial charge >= 0.3 is 0 Å². The van der Waals surface area contributed by atoms with Gasteiger partial charge in [-0.1, -0.05) is 6.07 Å². The summed E-state index contributed by atoms with van der Waals surface area (Å²) in [7, 11) is 1.40. The van der Waals surface area contributed by atoms with E-state index in [4.69, 9.17) is 10.5 Å². The molecule has 0 radical (unpaired) electrons. The molecule has 0 saturated carbocycles. The van der Waals surface area contributed by atoms with E-state index in [1.807, 2.05) is 0 Å². The zero-order chi connectivity index (χ0) is 22.3. The first-order valence-electron chi connectivity index (χ1n) is 10.5. The smallest absolute Gasteiger partial charge is 0.255 e. The SMILES string of the molecule is COc1c(F)cccc1Nc1c(-c2ccnc(N)n2)[nH]c2c1C(=O)NC[C@]21CCCNC1. The molecule has 1 amide bonds. The van der Waals surface area contributed by atoms with Crippen LogP contribution in [0.25, 0.3) is 11.4 Å². The number of halogens is 1. The Morgan fingerprint density at radius 2 is 2.16 bits per heavy atom. The van der Waals surface area contributed by atoms with Crippen LogP contribution < -0.4 is 26.4 Å². The third-order valence-electron chi connectivity index (χ3n) is 6.18. The molecule has 4 heterocycles. The van der Waals surface area contributed by atoms with Gasteiger partial charge in [-0.2, -0.15) is 0 Å². The number of rotatable bonds is 4. The Bertz CT molecular complexity index is 1190. The monoisotopic (exact) mass is 437 g/mol. The summed E-state index contributed by atoms with van der Waals surface area (Å²) in [6, 6.07) is 6.30. The average molecular weight is 437 g/mol. The van der Waals surface area contributed by atoms with Gasteiger partial charge in [0.2, 0.25) is 5.95 Å². The molecule has 6 N–H and O–H groups in total. The highest BCUT2D eigenvalue weighted by Gasteiger charge is 2.44. The van der Waals surface area contributed by atoms with E-state index in [0.29, 0.717) is 34.9 Å². The summed E-state index contributed by atoms with van der Waals surface area (Å²) >= 11 is 0. The number of carbonyl (C=O) groups excluding carboxylic acids is 1. The highest BCUT2D eigenvalue weighted by atomic mass is 19.1. The van der Waals surface area contributed by atoms with E-state index in [1.165, 1.54) is 13.2 Å². The normalized spacial score (nSPS) is 20.0. The van der Waals surface area contributed by atoms with E-state index in [-0.39, 0.29) is 23.0 Å². The Hall–Kier alpha value is -3.66. The number of carbonyl (C=O) groups is 1. The number of anilines is 3. The number of piperidine rings is 1. The van der Waals surface area contributed by atoms with Gasteiger partial charge in [-0.3, -0.25) is 4.79 Å². The maximum atomic E-state index is 14.4. The van der Waals surface area contributed by atoms with Crippen molar-refractivity contribution >= 4 is 23.2 Å². The fourth-order valence-electron chi connectivity index (χ4n) is 4.66. The van der Waals surface area contributed by atoms with E-state index in [2.05, 4.69) is 30.9 Å². The minimum absolute atomic E-state index is 0.0564. The number of nitrogens with zero attached hydrogens (tertiary/aromatic N) is 2. The second-order valence-electron chi connectivity index (χ2n) is 8.11. The number of benzene rings is 1. The molecule has 1 fully saturated rings. The zero-order valence-electron chi connectivity index (χ0n) is 17.6. The van der Waals surface area contributed by atoms with Crippen molar-refractivity contribution < 1.29 is 13.9 Å². The first-order chi connectivity index (χ1) is 15.5. The fourth-order valence-corrected chi connectivity index (χ4v) is 4.66. The molecule has 5 rings (SSSR count). The quantitative estimate of drug-likeness (QED) is 0.423. The lowest BCUT2D eigenvalue weighted by Crippen LogP contribution is -2.54. The lowest BCUT2D eigenvalue weighted by molar-refractivity contribution is 0.0916. The number of methoxy groups -OCH3 is 1. The molecule has 2 aromatic heterocycles. The third kappa shape index (κ3) is 3.23. The molecule has 166 valence electrons. The molecule has 0 aliphatic carbocycles. The van der Waals surface area contributed by atoms with E-state index in [0.717, 1.165) is 31.6 Å². The van der Waals surface area contributed by atoms with Gasteiger partial charge in [-0.15, -0.1) is 0 Å². The molecule has 1 saturated heterocycles. The van der Waals surface area contributed by atoms with Crippen LogP contribution in [0.4, 0.5) is 21.7 Å². The summed E-state index contributed by atoms with van der Waals surface area (Å²) in [4.78, 5) is 24.9. The number of ether oxygens (including phenoxy) is 1. The number of H-pyrrole nitrogens is 1. The first kappa shape index (κ1) is 20.3. The van der Waals surface area contributed by atoms with Crippen molar-refractivity contribution in [1.29, 1.82) is 0 Å². The Morgan fingerprint density at radius 3 is 2.91 bits per heavy atom. The number of fused-ring (bicyclic) bond motifs is 2. The fraction of sp³-hybridized carbons (Fsp3) is 0.318. The molecular weight excluding hydrogens is 413 g/mol. The molecule has 2 aliphatic heterocycles. The van der Waals surface area contributed by atoms with Crippen LogP contribution in [0, 0.1) is 5.82 Å². The van der Waals surface area contributed by atoms with Gasteiger partial charge in [0, 0.05) is 30.4 Å². The van der Waals surface area contributed by atoms with E-state index in [9.17, 15) is 9.18 Å². The molecular formula is C22H24FN7O2. The Labute approximate surface area is 184 Å². The molecule has 10 heteroatoms. The second kappa shape index (κ2) is 7.79. The maximum absolute atomic E-state index is 14.4. The van der Waals surface area contributed by atoms with Gasteiger partial charge in [0.05, 0.1) is 35.4 Å². The number of hydrogen-bond donors (Lipinski definition) is 5. The summed E-state index contributed by atoms with van der Waals surface area (Å²) in [5, 5.41) is 9.72. The predicted octanol–water partition coefficient (Wildman–Crippen LogP) is 2.31. The summed E-state index contributed by atoms with van der Waals surface area (Å²) in [6.45, 7) is 2.20. The molecule has 1 spiro atoms. The van der Waals surface area contributed by atoms with Gasteiger partial charge in [-0.05, 0) is 37.6 Å². The third-order valence-corrected chi connectivity index (χ3v) is 6.18. The van der Waals surface area contributed by atoms with Crippen molar-refractivity contribution in [3.63, 3.8) is 0 Å². The van der Waals surface area contributed by atoms with Crippen LogP contribution in [-0.2, 0) is 5.41 Å². The standard InChI is InChI=1S/C22H24FN7O2/c1-32-18-12(23)4-2-5-14(18)28-17-15-19(30-16(17)13-6-9-26-21(24)29-13)22(11-27-20(15)31)7-3-8-25-10-22/h2,4-6,9,25,28,30H,3,7-8,10-11H2,1H3,(H,27,31)(H2,24,26,29)/t22-/m1/s1. The van der Waals surface area contributed by atoms with Crippen LogP contribution >= 0.6 is 0 Å². The molecule has 1 atom stereocenters. The lowest BCUT2D eigenvalue weighted by atomic mass is 9.74. The summed E-state index contributed by atoms with van der Waals surface area (Å²) in [6.07, 6.45) is 3.47. The van der Waals surface area contributed by atoms with Crippen LogP contribution in [0.15, 0.2) is 30.5 Å². The molecule has 9 nitrogen and oxygen atoms in total. The largest absolute Gasteiger partial charge is 0.492 e. The van der Waals surface area contributed by atoms with E-state index in [1.54, 1.807) is 24.4 Å². The molecule has 3 aromatic rings. The van der Waals surface area contributed by atoms with Gasteiger partial charge in [0.25, 0.3) is 5.91 Å². The minimum atomic E-state index is -0.507. The van der Waals surface area contributed by atoms with E-state index < -0.39 is 5.82 Å². The van der Waals surface area contributed by atoms with Crippen LogP contribution in [-0.4, -0.2) is 47.6 Å². The Balaban J connectivity index is 1.73. The van der Waals surface area contributed by atoms with Gasteiger partial charge < -0.3 is 31.4 Å². The molecule has 2 aliphatic rings. The second-order valence-corrected chi connectivity index (χ2v) is 8.11. The van der Waals surface area contributed by atoms with Crippen molar-refractivity contribution in [1.82, 2.24) is 25.6 Å². The highest BCUT2D eigenvalue weighted by Crippen LogP contribution is 2.44. The van der Waals surface area contributed by atoms with Crippen molar-refractivity contribution in [3.05, 3.63) is 47.5 Å². The van der Waals surface area contributed by atoms with Crippen molar-refractivity contribution in [2.24, 2.45) is 0 Å². The molecule has 1 aromatic carbocycles. The Morgan fingerprint density at radius 1 is 1.28 bits per heavy atom. The van der Waals surface area contributed by atoms with E-state index >= 15 is 0 Å². The lowest BCUT2D eigenvalue weighted by Gasteiger charge is -2.40. The summed E-state index contributed by atoms with van der Waals surface area (Å²) in [5.74, 6) is -0.547. The number of aromatic amines is 1. The minimum Gasteiger partial charge on any atom is -0.492 e. The van der Waals surface area contributed by atoms with Crippen LogP contribution in [0.2, 0.25) is 0 Å². The number of nitrogens with two attached hydrogens (primary N) is 1. The van der Waals surface area contributed by atoms with Crippen molar-refractivity contribution in [2.75, 3.05) is 37.8 Å². The summed E-state index contributed by atoms with van der Waals surface area (Å²) in [5.41, 5.74) is 8.86. The molecule has 0 bridgehead atoms. The van der Waals surface area contributed by atoms with Crippen molar-refractivity contribution in [2.45, 2.75) is 18.3 Å². The zero-order valence-corrected chi connectivity index (χ0v) is 17.6. The van der Waals surface area contributed by atoms with Crippen LogP contribution in [0.1, 0.15) is 28.9 Å². The number of aromatic nitrogens is 3. The number of para-hydroxylation sites is 1. The molecule has 32 heavy (non-hydrogen) atoms. The van der Waals surface area contributed by atoms with Gasteiger partial charge in [0.15, 0.2) is 11.6 Å². The van der Waals surface area contributed by atoms with Gasteiger partial charge in [-0.25, -0.2) is 14.4 Å². The molecule has 0 unspecified atom stereocenters. The first-order valence-corrected chi connectivity index (χ1v) is 10.5. The van der Waals surface area contributed by atoms with Crippen LogP contribution in [0.3, 0.4) is 0 Å². The maximum Gasteiger partial charge on any atom is 0.255 e. The topological polar surface area (TPSA) is 130 Å². The highest BCUT2D eigenvalue weighted by molar-refractivity contribution is 6.06. The number of nitrogens with one attached hydrogen (secondary N) is 4. The summed E-state index contributed by atoms with van der Waals surface area (Å²) < 4.78 is 19.6. The average Bonchev–Trinajstić information content (AvgIpc) is 3.18. The van der Waals surface area contributed by atoms with Crippen LogP contribution in [0.5, 0.6) is 5.75 Å².